The highest BCUT2D eigenvalue weighted by Crippen LogP contribution is 2.22. The van der Waals surface area contributed by atoms with Crippen LogP contribution < -0.4 is 16.8 Å². The van der Waals surface area contributed by atoms with Crippen molar-refractivity contribution in [2.75, 3.05) is 38.2 Å². The molecule has 1 heterocycles. The van der Waals surface area contributed by atoms with Gasteiger partial charge < -0.3 is 21.7 Å². The molecule has 11 heteroatoms. The van der Waals surface area contributed by atoms with E-state index in [-0.39, 0.29) is 42.1 Å². The Morgan fingerprint density at radius 2 is 1.42 bits per heavy atom. The summed E-state index contributed by atoms with van der Waals surface area (Å²) < 4.78 is 16.8. The smallest absolute Gasteiger partial charge is 0.226 e. The molecule has 5 N–H and O–H groups in total. The summed E-state index contributed by atoms with van der Waals surface area (Å²) in [5.74, 6) is -1.49. The first kappa shape index (κ1) is 39.0. The minimum absolute atomic E-state index is 0.0185. The maximum atomic E-state index is 14.0. The molecule has 2 aromatic rings. The molecule has 264 valence electrons. The van der Waals surface area contributed by atoms with Crippen LogP contribution in [0.4, 0.5) is 0 Å². The van der Waals surface area contributed by atoms with Gasteiger partial charge in [0.05, 0.1) is 12.1 Å². The quantitative estimate of drug-likeness (QED) is 0.191. The van der Waals surface area contributed by atoms with Crippen LogP contribution in [0.5, 0.6) is 0 Å². The Balaban J connectivity index is 1.77. The first-order valence-electron chi connectivity index (χ1n) is 17.2. The van der Waals surface area contributed by atoms with Crippen LogP contribution in [0.3, 0.4) is 0 Å². The standard InChI is InChI=1S/C37H55N5O5S/c1-27(2)22-33(35(44)25-30(16-10-11-17-38)37(46)42-18-20-48(47,40-3)21-19-42)41-36(45)31(23-28-12-6-4-7-13-28)26-34(43)32(39)24-29-14-8-5-9-15-29/h4-9,12-15,27,30-33H,10-11,16-26,38-39H2,1-3H3,(H,41,45)/t30-,31-,32+,33+/m0/s1. The van der Waals surface area contributed by atoms with Crippen molar-refractivity contribution >= 4 is 33.1 Å². The average Bonchev–Trinajstić information content (AvgIpc) is 3.08. The molecule has 1 fully saturated rings. The second-order valence-electron chi connectivity index (χ2n) is 13.4. The van der Waals surface area contributed by atoms with Gasteiger partial charge in [-0.15, -0.1) is 0 Å². The van der Waals surface area contributed by atoms with E-state index in [0.29, 0.717) is 63.2 Å². The molecule has 10 nitrogen and oxygen atoms in total. The normalized spacial score (nSPS) is 16.8. The molecule has 0 bridgehead atoms. The highest BCUT2D eigenvalue weighted by Gasteiger charge is 2.34. The van der Waals surface area contributed by atoms with Gasteiger partial charge >= 0.3 is 0 Å². The Bertz CT molecular complexity index is 1450. The minimum Gasteiger partial charge on any atom is -0.346 e. The van der Waals surface area contributed by atoms with E-state index in [0.717, 1.165) is 17.5 Å². The first-order chi connectivity index (χ1) is 22.9. The predicted octanol–water partition coefficient (Wildman–Crippen LogP) is 3.55. The van der Waals surface area contributed by atoms with Crippen LogP contribution in [0, 0.1) is 17.8 Å². The van der Waals surface area contributed by atoms with Crippen molar-refractivity contribution in [3.63, 3.8) is 0 Å². The van der Waals surface area contributed by atoms with Crippen molar-refractivity contribution in [2.45, 2.75) is 77.3 Å². The average molecular weight is 682 g/mol. The van der Waals surface area contributed by atoms with E-state index < -0.39 is 33.6 Å². The van der Waals surface area contributed by atoms with E-state index >= 15 is 0 Å². The zero-order valence-electron chi connectivity index (χ0n) is 28.9. The molecule has 4 atom stereocenters. The van der Waals surface area contributed by atoms with Crippen molar-refractivity contribution < 1.29 is 23.4 Å². The lowest BCUT2D eigenvalue weighted by Crippen LogP contribution is -2.49. The zero-order chi connectivity index (χ0) is 35.1. The van der Waals surface area contributed by atoms with E-state index in [1.54, 1.807) is 11.9 Å². The van der Waals surface area contributed by atoms with Gasteiger partial charge in [-0.25, -0.2) is 8.57 Å². The molecule has 1 aliphatic rings. The van der Waals surface area contributed by atoms with Crippen molar-refractivity contribution in [3.8, 4) is 0 Å². The molecule has 0 saturated carbocycles. The number of nitrogens with two attached hydrogens (primary N) is 2. The Morgan fingerprint density at radius 1 is 0.854 bits per heavy atom. The van der Waals surface area contributed by atoms with Crippen molar-refractivity contribution in [3.05, 3.63) is 71.8 Å². The number of Topliss-reactive ketones (excluding diaryl/α,β-unsaturated/α-hetero) is 2. The van der Waals surface area contributed by atoms with Gasteiger partial charge in [-0.1, -0.05) is 80.9 Å². The molecule has 2 aromatic carbocycles. The topological polar surface area (TPSA) is 165 Å². The predicted molar refractivity (Wildman–Crippen MR) is 192 cm³/mol. The summed E-state index contributed by atoms with van der Waals surface area (Å²) in [6, 6.07) is 17.4. The highest BCUT2D eigenvalue weighted by atomic mass is 32.2. The van der Waals surface area contributed by atoms with Gasteiger partial charge in [-0.3, -0.25) is 19.2 Å². The minimum atomic E-state index is -2.30. The number of carbonyl (C=O) groups is 4. The molecular formula is C37H55N5O5S. The SMILES string of the molecule is CN=S1(=O)CCN(C(=O)[C@@H](CCCCN)CC(=O)[C@@H](CC(C)C)NC(=O)[C@H](CC(=O)[C@H](N)Cc2ccccc2)Cc2ccccc2)CC1. The Labute approximate surface area is 287 Å². The van der Waals surface area contributed by atoms with Gasteiger partial charge in [0.15, 0.2) is 11.6 Å². The van der Waals surface area contributed by atoms with Crippen LogP contribution in [0.25, 0.3) is 0 Å². The summed E-state index contributed by atoms with van der Waals surface area (Å²) in [5.41, 5.74) is 13.9. The number of amides is 2. The van der Waals surface area contributed by atoms with Crippen LogP contribution in [0.1, 0.15) is 63.5 Å². The summed E-state index contributed by atoms with van der Waals surface area (Å²) in [6.07, 6.45) is 2.94. The van der Waals surface area contributed by atoms with Gasteiger partial charge in [0.25, 0.3) is 0 Å². The van der Waals surface area contributed by atoms with E-state index in [9.17, 15) is 23.4 Å². The molecule has 3 rings (SSSR count). The van der Waals surface area contributed by atoms with Crippen LogP contribution in [-0.4, -0.2) is 82.8 Å². The summed E-state index contributed by atoms with van der Waals surface area (Å²) in [5, 5.41) is 3.00. The van der Waals surface area contributed by atoms with Crippen molar-refractivity contribution in [2.24, 2.45) is 33.6 Å². The van der Waals surface area contributed by atoms with Gasteiger partial charge in [-0.05, 0) is 55.7 Å². The first-order valence-corrected chi connectivity index (χ1v) is 19.1. The van der Waals surface area contributed by atoms with E-state index in [1.165, 1.54) is 0 Å². The van der Waals surface area contributed by atoms with E-state index in [2.05, 4.69) is 9.68 Å². The fraction of sp³-hybridized carbons (Fsp3) is 0.568. The van der Waals surface area contributed by atoms with Crippen LogP contribution >= 0.6 is 0 Å². The van der Waals surface area contributed by atoms with Crippen LogP contribution in [-0.2, 0) is 41.7 Å². The number of hydrogen-bond acceptors (Lipinski definition) is 8. The van der Waals surface area contributed by atoms with E-state index in [1.807, 2.05) is 74.5 Å². The third kappa shape index (κ3) is 12.6. The summed E-state index contributed by atoms with van der Waals surface area (Å²) in [7, 11) is -0.745. The number of rotatable bonds is 19. The van der Waals surface area contributed by atoms with E-state index in [4.69, 9.17) is 11.5 Å². The maximum absolute atomic E-state index is 14.0. The zero-order valence-corrected chi connectivity index (χ0v) is 29.7. The largest absolute Gasteiger partial charge is 0.346 e. The fourth-order valence-electron chi connectivity index (χ4n) is 6.18. The molecule has 0 aliphatic carbocycles. The summed E-state index contributed by atoms with van der Waals surface area (Å²) in [4.78, 5) is 56.7. The number of ketones is 2. The van der Waals surface area contributed by atoms with Gasteiger partial charge in [-0.2, -0.15) is 0 Å². The summed E-state index contributed by atoms with van der Waals surface area (Å²) >= 11 is 0. The number of carbonyl (C=O) groups excluding carboxylic acids is 4. The van der Waals surface area contributed by atoms with Crippen molar-refractivity contribution in [1.29, 1.82) is 0 Å². The Hall–Kier alpha value is -3.41. The number of nitrogens with one attached hydrogen (secondary N) is 1. The van der Waals surface area contributed by atoms with Gasteiger partial charge in [0.2, 0.25) is 11.8 Å². The lowest BCUT2D eigenvalue weighted by atomic mass is 9.87. The molecule has 0 radical (unpaired) electrons. The second kappa shape index (κ2) is 19.6. The third-order valence-electron chi connectivity index (χ3n) is 9.08. The lowest BCUT2D eigenvalue weighted by Gasteiger charge is -2.32. The molecule has 1 saturated heterocycles. The molecular weight excluding hydrogens is 627 g/mol. The molecule has 48 heavy (non-hydrogen) atoms. The molecule has 0 unspecified atom stereocenters. The van der Waals surface area contributed by atoms with Crippen molar-refractivity contribution in [1.82, 2.24) is 10.2 Å². The monoisotopic (exact) mass is 681 g/mol. The molecule has 2 amide bonds. The second-order valence-corrected chi connectivity index (χ2v) is 16.1. The Morgan fingerprint density at radius 3 is 1.96 bits per heavy atom. The van der Waals surface area contributed by atoms with Crippen LogP contribution in [0.2, 0.25) is 0 Å². The van der Waals surface area contributed by atoms with Gasteiger partial charge in [0, 0.05) is 66.0 Å². The molecule has 0 spiro atoms. The molecule has 1 aliphatic heterocycles. The Kier molecular flexibility index (Phi) is 15.9. The third-order valence-corrected chi connectivity index (χ3v) is 11.4. The molecule has 0 aromatic heterocycles. The number of benzene rings is 2. The number of unbranched alkanes of at least 4 members (excludes halogenated alkanes) is 1. The highest BCUT2D eigenvalue weighted by molar-refractivity contribution is 7.93. The summed E-state index contributed by atoms with van der Waals surface area (Å²) in [6.45, 7) is 5.12. The lowest BCUT2D eigenvalue weighted by molar-refractivity contribution is -0.139. The number of hydrogen-bond donors (Lipinski definition) is 3. The van der Waals surface area contributed by atoms with Crippen LogP contribution in [0.15, 0.2) is 65.0 Å². The fourth-order valence-corrected chi connectivity index (χ4v) is 7.76. The van der Waals surface area contributed by atoms with Gasteiger partial charge in [0.1, 0.15) is 0 Å². The maximum Gasteiger partial charge on any atom is 0.226 e. The number of nitrogens with zero attached hydrogens (tertiary/aromatic N) is 2.